The Hall–Kier alpha value is -3.01. The van der Waals surface area contributed by atoms with Crippen LogP contribution in [-0.2, 0) is 6.54 Å². The zero-order valence-electron chi connectivity index (χ0n) is 12.9. The molecule has 4 heteroatoms. The second-order valence-electron chi connectivity index (χ2n) is 4.98. The smallest absolute Gasteiger partial charge is 0.127 e. The Morgan fingerprint density at radius 2 is 1.48 bits per heavy atom. The number of aromatic nitrogens is 1. The van der Waals surface area contributed by atoms with Gasteiger partial charge in [0.25, 0.3) is 0 Å². The van der Waals surface area contributed by atoms with Gasteiger partial charge in [-0.2, -0.15) is 0 Å². The molecule has 3 rings (SSSR count). The maximum absolute atomic E-state index is 5.80. The van der Waals surface area contributed by atoms with Gasteiger partial charge in [0.2, 0.25) is 0 Å². The summed E-state index contributed by atoms with van der Waals surface area (Å²) in [5, 5.41) is 3.33. The zero-order chi connectivity index (χ0) is 15.9. The predicted molar refractivity (Wildman–Crippen MR) is 91.1 cm³/mol. The summed E-state index contributed by atoms with van der Waals surface area (Å²) in [4.78, 5) is 4.28. The largest absolute Gasteiger partial charge is 0.497 e. The average Bonchev–Trinajstić information content (AvgIpc) is 2.63. The molecule has 2 aromatic carbocycles. The number of anilines is 1. The number of benzene rings is 2. The summed E-state index contributed by atoms with van der Waals surface area (Å²) >= 11 is 0. The van der Waals surface area contributed by atoms with E-state index in [0.29, 0.717) is 6.54 Å². The molecule has 0 bridgehead atoms. The number of methoxy groups -OCH3 is 1. The maximum Gasteiger partial charge on any atom is 0.127 e. The number of rotatable bonds is 6. The molecule has 23 heavy (non-hydrogen) atoms. The zero-order valence-corrected chi connectivity index (χ0v) is 12.9. The monoisotopic (exact) mass is 306 g/mol. The number of hydrogen-bond acceptors (Lipinski definition) is 4. The van der Waals surface area contributed by atoms with Crippen molar-refractivity contribution in [2.45, 2.75) is 6.54 Å². The normalized spacial score (nSPS) is 10.1. The lowest BCUT2D eigenvalue weighted by atomic mass is 10.2. The van der Waals surface area contributed by atoms with Crippen molar-refractivity contribution in [3.8, 4) is 17.2 Å². The SMILES string of the molecule is COc1ccc(Oc2ccc(NCc3ccccn3)cc2)cc1. The van der Waals surface area contributed by atoms with Crippen LogP contribution in [0.5, 0.6) is 17.2 Å². The molecule has 3 aromatic rings. The van der Waals surface area contributed by atoms with Gasteiger partial charge in [0.15, 0.2) is 0 Å². The van der Waals surface area contributed by atoms with Gasteiger partial charge >= 0.3 is 0 Å². The predicted octanol–water partition coefficient (Wildman–Crippen LogP) is 4.49. The van der Waals surface area contributed by atoms with E-state index in [0.717, 1.165) is 28.6 Å². The number of pyridine rings is 1. The van der Waals surface area contributed by atoms with Crippen molar-refractivity contribution in [3.05, 3.63) is 78.6 Å². The quantitative estimate of drug-likeness (QED) is 0.728. The van der Waals surface area contributed by atoms with Gasteiger partial charge < -0.3 is 14.8 Å². The molecule has 1 heterocycles. The lowest BCUT2D eigenvalue weighted by Crippen LogP contribution is -2.00. The third kappa shape index (κ3) is 4.23. The second-order valence-corrected chi connectivity index (χ2v) is 4.98. The Morgan fingerprint density at radius 1 is 0.826 bits per heavy atom. The molecule has 116 valence electrons. The lowest BCUT2D eigenvalue weighted by Gasteiger charge is -2.09. The first-order valence-electron chi connectivity index (χ1n) is 7.39. The van der Waals surface area contributed by atoms with Crippen LogP contribution in [0.15, 0.2) is 72.9 Å². The minimum atomic E-state index is 0.694. The molecule has 4 nitrogen and oxygen atoms in total. The number of nitrogens with one attached hydrogen (secondary N) is 1. The van der Waals surface area contributed by atoms with Gasteiger partial charge in [-0.15, -0.1) is 0 Å². The summed E-state index contributed by atoms with van der Waals surface area (Å²) in [7, 11) is 1.65. The van der Waals surface area contributed by atoms with Crippen LogP contribution in [0.25, 0.3) is 0 Å². The molecule has 0 fully saturated rings. The molecule has 0 saturated carbocycles. The van der Waals surface area contributed by atoms with Crippen LogP contribution in [-0.4, -0.2) is 12.1 Å². The standard InChI is InChI=1S/C19H18N2O2/c1-22-17-9-11-19(12-10-17)23-18-7-5-15(6-8-18)21-14-16-4-2-3-13-20-16/h2-13,21H,14H2,1H3. The highest BCUT2D eigenvalue weighted by molar-refractivity contribution is 5.47. The van der Waals surface area contributed by atoms with E-state index in [1.807, 2.05) is 66.7 Å². The van der Waals surface area contributed by atoms with Gasteiger partial charge in [0.1, 0.15) is 17.2 Å². The molecule has 1 N–H and O–H groups in total. The van der Waals surface area contributed by atoms with E-state index in [1.165, 1.54) is 0 Å². The van der Waals surface area contributed by atoms with Gasteiger partial charge in [-0.3, -0.25) is 4.98 Å². The van der Waals surface area contributed by atoms with Crippen LogP contribution < -0.4 is 14.8 Å². The van der Waals surface area contributed by atoms with Crippen molar-refractivity contribution in [1.29, 1.82) is 0 Å². The van der Waals surface area contributed by atoms with Crippen LogP contribution in [0.2, 0.25) is 0 Å². The molecule has 0 unspecified atom stereocenters. The highest BCUT2D eigenvalue weighted by Crippen LogP contribution is 2.25. The average molecular weight is 306 g/mol. The van der Waals surface area contributed by atoms with Gasteiger partial charge in [0, 0.05) is 11.9 Å². The number of nitrogens with zero attached hydrogens (tertiary/aromatic N) is 1. The third-order valence-corrected chi connectivity index (χ3v) is 3.35. The third-order valence-electron chi connectivity index (χ3n) is 3.35. The summed E-state index contributed by atoms with van der Waals surface area (Å²) in [6.45, 7) is 0.694. The number of hydrogen-bond donors (Lipinski definition) is 1. The van der Waals surface area contributed by atoms with E-state index in [1.54, 1.807) is 13.3 Å². The molecule has 1 aromatic heterocycles. The van der Waals surface area contributed by atoms with E-state index in [2.05, 4.69) is 10.3 Å². The lowest BCUT2D eigenvalue weighted by molar-refractivity contribution is 0.413. The van der Waals surface area contributed by atoms with Crippen LogP contribution in [0.3, 0.4) is 0 Å². The molecule has 0 radical (unpaired) electrons. The minimum absolute atomic E-state index is 0.694. The Morgan fingerprint density at radius 3 is 2.09 bits per heavy atom. The van der Waals surface area contributed by atoms with E-state index in [-0.39, 0.29) is 0 Å². The van der Waals surface area contributed by atoms with Gasteiger partial charge in [-0.1, -0.05) is 6.07 Å². The van der Waals surface area contributed by atoms with Gasteiger partial charge in [-0.25, -0.2) is 0 Å². The van der Waals surface area contributed by atoms with E-state index >= 15 is 0 Å². The summed E-state index contributed by atoms with van der Waals surface area (Å²) < 4.78 is 10.9. The molecule has 0 spiro atoms. The molecule has 0 aliphatic carbocycles. The molecular formula is C19H18N2O2. The summed E-state index contributed by atoms with van der Waals surface area (Å²) in [5.74, 6) is 2.38. The van der Waals surface area contributed by atoms with Gasteiger partial charge in [-0.05, 0) is 60.7 Å². The van der Waals surface area contributed by atoms with E-state index < -0.39 is 0 Å². The highest BCUT2D eigenvalue weighted by atomic mass is 16.5. The molecule has 0 saturated heterocycles. The van der Waals surface area contributed by atoms with Gasteiger partial charge in [0.05, 0.1) is 19.3 Å². The number of ether oxygens (including phenoxy) is 2. The summed E-state index contributed by atoms with van der Waals surface area (Å²) in [6, 6.07) is 21.2. The Bertz CT molecular complexity index is 726. The van der Waals surface area contributed by atoms with Crippen molar-refractivity contribution in [3.63, 3.8) is 0 Å². The fourth-order valence-corrected chi connectivity index (χ4v) is 2.12. The van der Waals surface area contributed by atoms with E-state index in [4.69, 9.17) is 9.47 Å². The Balaban J connectivity index is 1.58. The molecule has 0 atom stereocenters. The molecule has 0 amide bonds. The van der Waals surface area contributed by atoms with Crippen molar-refractivity contribution in [2.75, 3.05) is 12.4 Å². The van der Waals surface area contributed by atoms with Crippen LogP contribution in [0.4, 0.5) is 5.69 Å². The summed E-state index contributed by atoms with van der Waals surface area (Å²) in [6.07, 6.45) is 1.79. The molecule has 0 aliphatic rings. The molecule has 0 aliphatic heterocycles. The summed E-state index contributed by atoms with van der Waals surface area (Å²) in [5.41, 5.74) is 2.03. The fourth-order valence-electron chi connectivity index (χ4n) is 2.12. The van der Waals surface area contributed by atoms with Crippen molar-refractivity contribution >= 4 is 5.69 Å². The Labute approximate surface area is 135 Å². The van der Waals surface area contributed by atoms with Crippen molar-refractivity contribution < 1.29 is 9.47 Å². The fraction of sp³-hybridized carbons (Fsp3) is 0.105. The Kier molecular flexibility index (Phi) is 4.74. The van der Waals surface area contributed by atoms with Crippen molar-refractivity contribution in [1.82, 2.24) is 4.98 Å². The van der Waals surface area contributed by atoms with E-state index in [9.17, 15) is 0 Å². The topological polar surface area (TPSA) is 43.4 Å². The molecular weight excluding hydrogens is 288 g/mol. The van der Waals surface area contributed by atoms with Crippen LogP contribution >= 0.6 is 0 Å². The maximum atomic E-state index is 5.80. The van der Waals surface area contributed by atoms with Crippen LogP contribution in [0.1, 0.15) is 5.69 Å². The van der Waals surface area contributed by atoms with Crippen molar-refractivity contribution in [2.24, 2.45) is 0 Å². The second kappa shape index (κ2) is 7.31. The first-order chi connectivity index (χ1) is 11.3. The minimum Gasteiger partial charge on any atom is -0.497 e. The first kappa shape index (κ1) is 14.9. The van der Waals surface area contributed by atoms with Crippen LogP contribution in [0, 0.1) is 0 Å². The highest BCUT2D eigenvalue weighted by Gasteiger charge is 1.99. The first-order valence-corrected chi connectivity index (χ1v) is 7.39.